The second kappa shape index (κ2) is 4.10. The SMILES string of the molecule is CCCOC1(CC)CCCC1. The molecule has 1 saturated carbocycles. The Bertz CT molecular complexity index is 103. The third-order valence-electron chi connectivity index (χ3n) is 2.77. The molecule has 66 valence electrons. The number of rotatable bonds is 4. The molecular weight excluding hydrogens is 136 g/mol. The first-order valence-electron chi connectivity index (χ1n) is 4.97. The van der Waals surface area contributed by atoms with E-state index in [1.807, 2.05) is 0 Å². The summed E-state index contributed by atoms with van der Waals surface area (Å²) in [6, 6.07) is 0. The summed E-state index contributed by atoms with van der Waals surface area (Å²) in [7, 11) is 0. The maximum Gasteiger partial charge on any atom is 0.0680 e. The topological polar surface area (TPSA) is 9.23 Å². The van der Waals surface area contributed by atoms with Crippen molar-refractivity contribution in [2.45, 2.75) is 58.0 Å². The zero-order chi connectivity index (χ0) is 8.16. The van der Waals surface area contributed by atoms with E-state index in [0.29, 0.717) is 0 Å². The normalized spacial score (nSPS) is 22.4. The molecule has 1 nitrogen and oxygen atoms in total. The molecule has 0 radical (unpaired) electrons. The molecule has 1 aliphatic carbocycles. The van der Waals surface area contributed by atoms with Gasteiger partial charge < -0.3 is 4.74 Å². The van der Waals surface area contributed by atoms with Gasteiger partial charge in [0, 0.05) is 6.61 Å². The van der Waals surface area contributed by atoms with Crippen LogP contribution in [-0.2, 0) is 4.74 Å². The molecule has 0 amide bonds. The van der Waals surface area contributed by atoms with Gasteiger partial charge in [-0.25, -0.2) is 0 Å². The Kier molecular flexibility index (Phi) is 3.38. The fraction of sp³-hybridized carbons (Fsp3) is 1.00. The highest BCUT2D eigenvalue weighted by atomic mass is 16.5. The quantitative estimate of drug-likeness (QED) is 0.607. The lowest BCUT2D eigenvalue weighted by Crippen LogP contribution is -2.28. The summed E-state index contributed by atoms with van der Waals surface area (Å²) in [4.78, 5) is 0. The Hall–Kier alpha value is -0.0400. The van der Waals surface area contributed by atoms with Crippen molar-refractivity contribution in [3.05, 3.63) is 0 Å². The summed E-state index contributed by atoms with van der Waals surface area (Å²) in [6.07, 6.45) is 7.69. The number of hydrogen-bond donors (Lipinski definition) is 0. The Morgan fingerprint density at radius 1 is 1.18 bits per heavy atom. The van der Waals surface area contributed by atoms with Crippen molar-refractivity contribution < 1.29 is 4.74 Å². The van der Waals surface area contributed by atoms with Crippen LogP contribution in [0.15, 0.2) is 0 Å². The van der Waals surface area contributed by atoms with Crippen molar-refractivity contribution >= 4 is 0 Å². The lowest BCUT2D eigenvalue weighted by atomic mass is 9.99. The van der Waals surface area contributed by atoms with Crippen LogP contribution in [-0.4, -0.2) is 12.2 Å². The van der Waals surface area contributed by atoms with Crippen molar-refractivity contribution in [1.29, 1.82) is 0 Å². The summed E-state index contributed by atoms with van der Waals surface area (Å²) in [5.41, 5.74) is 0.288. The van der Waals surface area contributed by atoms with E-state index < -0.39 is 0 Å². The first-order valence-corrected chi connectivity index (χ1v) is 4.97. The van der Waals surface area contributed by atoms with Crippen molar-refractivity contribution in [2.75, 3.05) is 6.61 Å². The largest absolute Gasteiger partial charge is 0.375 e. The van der Waals surface area contributed by atoms with E-state index in [0.717, 1.165) is 13.0 Å². The van der Waals surface area contributed by atoms with Gasteiger partial charge in [0.15, 0.2) is 0 Å². The van der Waals surface area contributed by atoms with E-state index in [2.05, 4.69) is 13.8 Å². The summed E-state index contributed by atoms with van der Waals surface area (Å²) in [6.45, 7) is 5.38. The molecule has 1 heteroatoms. The average molecular weight is 156 g/mol. The zero-order valence-electron chi connectivity index (χ0n) is 7.86. The lowest BCUT2D eigenvalue weighted by Gasteiger charge is -2.27. The fourth-order valence-electron chi connectivity index (χ4n) is 1.94. The van der Waals surface area contributed by atoms with Crippen LogP contribution in [0.2, 0.25) is 0 Å². The number of ether oxygens (including phenoxy) is 1. The Morgan fingerprint density at radius 2 is 1.82 bits per heavy atom. The predicted octanol–water partition coefficient (Wildman–Crippen LogP) is 3.14. The molecule has 0 aromatic heterocycles. The Balaban J connectivity index is 2.33. The molecule has 0 aromatic carbocycles. The summed E-state index contributed by atoms with van der Waals surface area (Å²) in [5.74, 6) is 0. The highest BCUT2D eigenvalue weighted by Crippen LogP contribution is 2.35. The molecule has 11 heavy (non-hydrogen) atoms. The molecule has 0 aromatic rings. The zero-order valence-corrected chi connectivity index (χ0v) is 7.86. The molecule has 1 rings (SSSR count). The minimum Gasteiger partial charge on any atom is -0.375 e. The molecular formula is C10H20O. The van der Waals surface area contributed by atoms with Crippen LogP contribution in [0.5, 0.6) is 0 Å². The van der Waals surface area contributed by atoms with Gasteiger partial charge in [-0.15, -0.1) is 0 Å². The van der Waals surface area contributed by atoms with E-state index in [1.165, 1.54) is 32.1 Å². The Labute approximate surface area is 70.1 Å². The fourth-order valence-corrected chi connectivity index (χ4v) is 1.94. The van der Waals surface area contributed by atoms with E-state index in [-0.39, 0.29) is 5.60 Å². The van der Waals surface area contributed by atoms with Crippen molar-refractivity contribution in [1.82, 2.24) is 0 Å². The molecule has 0 saturated heterocycles. The molecule has 0 N–H and O–H groups in total. The van der Waals surface area contributed by atoms with E-state index in [1.54, 1.807) is 0 Å². The molecule has 0 atom stereocenters. The van der Waals surface area contributed by atoms with Gasteiger partial charge in [-0.3, -0.25) is 0 Å². The van der Waals surface area contributed by atoms with Crippen LogP contribution in [0.1, 0.15) is 52.4 Å². The van der Waals surface area contributed by atoms with Gasteiger partial charge in [0.05, 0.1) is 5.60 Å². The first-order chi connectivity index (χ1) is 5.33. The predicted molar refractivity (Wildman–Crippen MR) is 47.7 cm³/mol. The smallest absolute Gasteiger partial charge is 0.0680 e. The molecule has 0 heterocycles. The van der Waals surface area contributed by atoms with E-state index >= 15 is 0 Å². The van der Waals surface area contributed by atoms with Crippen LogP contribution in [0.3, 0.4) is 0 Å². The van der Waals surface area contributed by atoms with Crippen LogP contribution >= 0.6 is 0 Å². The molecule has 0 unspecified atom stereocenters. The highest BCUT2D eigenvalue weighted by molar-refractivity contribution is 4.84. The van der Waals surface area contributed by atoms with Crippen molar-refractivity contribution in [3.63, 3.8) is 0 Å². The number of hydrogen-bond acceptors (Lipinski definition) is 1. The van der Waals surface area contributed by atoms with Gasteiger partial charge in [0.25, 0.3) is 0 Å². The van der Waals surface area contributed by atoms with Gasteiger partial charge in [0.1, 0.15) is 0 Å². The monoisotopic (exact) mass is 156 g/mol. The minimum absolute atomic E-state index is 0.288. The van der Waals surface area contributed by atoms with Gasteiger partial charge in [-0.1, -0.05) is 26.7 Å². The maximum absolute atomic E-state index is 5.89. The molecule has 0 spiro atoms. The highest BCUT2D eigenvalue weighted by Gasteiger charge is 2.32. The van der Waals surface area contributed by atoms with Crippen molar-refractivity contribution in [3.8, 4) is 0 Å². The van der Waals surface area contributed by atoms with Crippen LogP contribution in [0.4, 0.5) is 0 Å². The average Bonchev–Trinajstić information content (AvgIpc) is 2.50. The standard InChI is InChI=1S/C10H20O/c1-3-9-11-10(4-2)7-5-6-8-10/h3-9H2,1-2H3. The molecule has 1 aliphatic rings. The van der Waals surface area contributed by atoms with Gasteiger partial charge in [0.2, 0.25) is 0 Å². The van der Waals surface area contributed by atoms with Gasteiger partial charge >= 0.3 is 0 Å². The maximum atomic E-state index is 5.89. The summed E-state index contributed by atoms with van der Waals surface area (Å²) >= 11 is 0. The molecule has 0 bridgehead atoms. The summed E-state index contributed by atoms with van der Waals surface area (Å²) < 4.78 is 5.89. The third-order valence-corrected chi connectivity index (χ3v) is 2.77. The van der Waals surface area contributed by atoms with Crippen molar-refractivity contribution in [2.24, 2.45) is 0 Å². The molecule has 1 fully saturated rings. The van der Waals surface area contributed by atoms with Crippen LogP contribution in [0.25, 0.3) is 0 Å². The van der Waals surface area contributed by atoms with E-state index in [4.69, 9.17) is 4.74 Å². The molecule has 0 aliphatic heterocycles. The van der Waals surface area contributed by atoms with Crippen LogP contribution < -0.4 is 0 Å². The summed E-state index contributed by atoms with van der Waals surface area (Å²) in [5, 5.41) is 0. The van der Waals surface area contributed by atoms with Crippen LogP contribution in [0, 0.1) is 0 Å². The lowest BCUT2D eigenvalue weighted by molar-refractivity contribution is -0.0429. The van der Waals surface area contributed by atoms with Gasteiger partial charge in [-0.05, 0) is 25.7 Å². The van der Waals surface area contributed by atoms with Gasteiger partial charge in [-0.2, -0.15) is 0 Å². The first kappa shape index (κ1) is 9.05. The van der Waals surface area contributed by atoms with E-state index in [9.17, 15) is 0 Å². The Morgan fingerprint density at radius 3 is 2.27 bits per heavy atom. The second-order valence-electron chi connectivity index (χ2n) is 3.59. The minimum atomic E-state index is 0.288. The third kappa shape index (κ3) is 2.19. The second-order valence-corrected chi connectivity index (χ2v) is 3.59.